The molecule has 0 aliphatic carbocycles. The SMILES string of the molecule is COc1ccccc1C[NH2+]Cc1cc(C)ccc1C. The number of nitrogens with two attached hydrogens (primary N) is 1. The third-order valence-electron chi connectivity index (χ3n) is 3.43. The van der Waals surface area contributed by atoms with Crippen LogP contribution in [0.4, 0.5) is 0 Å². The normalized spacial score (nSPS) is 10.5. The van der Waals surface area contributed by atoms with Gasteiger partial charge in [0, 0.05) is 11.1 Å². The molecule has 0 saturated carbocycles. The van der Waals surface area contributed by atoms with Gasteiger partial charge in [-0.3, -0.25) is 0 Å². The molecule has 0 aromatic heterocycles. The minimum absolute atomic E-state index is 0.942. The highest BCUT2D eigenvalue weighted by Crippen LogP contribution is 2.15. The number of benzene rings is 2. The van der Waals surface area contributed by atoms with Gasteiger partial charge in [0.25, 0.3) is 0 Å². The molecule has 0 fully saturated rings. The van der Waals surface area contributed by atoms with Crippen LogP contribution in [-0.4, -0.2) is 7.11 Å². The van der Waals surface area contributed by atoms with Crippen molar-refractivity contribution in [2.45, 2.75) is 26.9 Å². The van der Waals surface area contributed by atoms with Crippen LogP contribution in [0.15, 0.2) is 42.5 Å². The predicted molar refractivity (Wildman–Crippen MR) is 78.2 cm³/mol. The lowest BCUT2D eigenvalue weighted by atomic mass is 10.1. The van der Waals surface area contributed by atoms with Crippen molar-refractivity contribution in [3.8, 4) is 5.75 Å². The summed E-state index contributed by atoms with van der Waals surface area (Å²) >= 11 is 0. The van der Waals surface area contributed by atoms with E-state index in [4.69, 9.17) is 4.74 Å². The maximum atomic E-state index is 5.37. The third kappa shape index (κ3) is 3.58. The number of quaternary nitrogens is 1. The second-order valence-electron chi connectivity index (χ2n) is 4.94. The van der Waals surface area contributed by atoms with Crippen LogP contribution in [0.5, 0.6) is 5.75 Å². The van der Waals surface area contributed by atoms with Gasteiger partial charge in [0.05, 0.1) is 7.11 Å². The molecule has 19 heavy (non-hydrogen) atoms. The Labute approximate surface area is 115 Å². The zero-order chi connectivity index (χ0) is 13.7. The quantitative estimate of drug-likeness (QED) is 0.874. The standard InChI is InChI=1S/C17H21NO/c1-13-8-9-14(2)16(10-13)12-18-11-15-6-4-5-7-17(15)19-3/h4-10,18H,11-12H2,1-3H3/p+1. The molecule has 2 rings (SSSR count). The van der Waals surface area contributed by atoms with Crippen LogP contribution < -0.4 is 10.1 Å². The van der Waals surface area contributed by atoms with E-state index < -0.39 is 0 Å². The van der Waals surface area contributed by atoms with Crippen molar-refractivity contribution >= 4 is 0 Å². The lowest BCUT2D eigenvalue weighted by Crippen LogP contribution is -2.80. The van der Waals surface area contributed by atoms with Crippen molar-refractivity contribution in [3.05, 3.63) is 64.7 Å². The van der Waals surface area contributed by atoms with Crippen LogP contribution in [0.1, 0.15) is 22.3 Å². The first-order valence-corrected chi connectivity index (χ1v) is 6.70. The van der Waals surface area contributed by atoms with E-state index >= 15 is 0 Å². The highest BCUT2D eigenvalue weighted by Gasteiger charge is 2.05. The molecule has 0 aliphatic rings. The highest BCUT2D eigenvalue weighted by atomic mass is 16.5. The number of hydrogen-bond acceptors (Lipinski definition) is 1. The van der Waals surface area contributed by atoms with E-state index in [1.807, 2.05) is 12.1 Å². The number of rotatable bonds is 5. The van der Waals surface area contributed by atoms with Gasteiger partial charge in [0.2, 0.25) is 0 Å². The maximum absolute atomic E-state index is 5.37. The van der Waals surface area contributed by atoms with Gasteiger partial charge in [-0.2, -0.15) is 0 Å². The molecule has 0 aliphatic heterocycles. The molecule has 0 saturated heterocycles. The summed E-state index contributed by atoms with van der Waals surface area (Å²) in [4.78, 5) is 0. The van der Waals surface area contributed by atoms with Crippen molar-refractivity contribution in [2.24, 2.45) is 0 Å². The predicted octanol–water partition coefficient (Wildman–Crippen LogP) is 2.58. The first kappa shape index (κ1) is 13.6. The van der Waals surface area contributed by atoms with Crippen LogP contribution in [0.3, 0.4) is 0 Å². The van der Waals surface area contributed by atoms with Crippen molar-refractivity contribution < 1.29 is 10.1 Å². The van der Waals surface area contributed by atoms with E-state index in [2.05, 4.69) is 49.5 Å². The Hall–Kier alpha value is -1.80. The largest absolute Gasteiger partial charge is 0.496 e. The highest BCUT2D eigenvalue weighted by molar-refractivity contribution is 5.32. The summed E-state index contributed by atoms with van der Waals surface area (Å²) in [5.74, 6) is 0.972. The first-order valence-electron chi connectivity index (χ1n) is 6.70. The fraction of sp³-hybridized carbons (Fsp3) is 0.294. The number of ether oxygens (including phenoxy) is 1. The van der Waals surface area contributed by atoms with Crippen molar-refractivity contribution in [3.63, 3.8) is 0 Å². The molecule has 100 valence electrons. The molecular formula is C17H22NO+. The van der Waals surface area contributed by atoms with E-state index in [-0.39, 0.29) is 0 Å². The second-order valence-corrected chi connectivity index (χ2v) is 4.94. The molecule has 0 atom stereocenters. The molecule has 2 aromatic rings. The van der Waals surface area contributed by atoms with Crippen LogP contribution in [0, 0.1) is 13.8 Å². The van der Waals surface area contributed by atoms with Crippen LogP contribution >= 0.6 is 0 Å². The van der Waals surface area contributed by atoms with Gasteiger partial charge < -0.3 is 10.1 Å². The topological polar surface area (TPSA) is 25.8 Å². The van der Waals surface area contributed by atoms with Gasteiger partial charge in [-0.15, -0.1) is 0 Å². The Kier molecular flexibility index (Phi) is 4.58. The molecule has 0 heterocycles. The van der Waals surface area contributed by atoms with E-state index in [0.717, 1.165) is 18.8 Å². The summed E-state index contributed by atoms with van der Waals surface area (Å²) in [6.45, 7) is 6.26. The molecule has 0 radical (unpaired) electrons. The Bertz CT molecular complexity index is 549. The molecule has 2 aromatic carbocycles. The van der Waals surface area contributed by atoms with Crippen LogP contribution in [-0.2, 0) is 13.1 Å². The number of methoxy groups -OCH3 is 1. The van der Waals surface area contributed by atoms with Gasteiger partial charge in [-0.25, -0.2) is 0 Å². The summed E-state index contributed by atoms with van der Waals surface area (Å²) < 4.78 is 5.37. The smallest absolute Gasteiger partial charge is 0.127 e. The fourth-order valence-electron chi connectivity index (χ4n) is 2.27. The van der Waals surface area contributed by atoms with Crippen molar-refractivity contribution in [1.82, 2.24) is 0 Å². The Morgan fingerprint density at radius 3 is 2.47 bits per heavy atom. The zero-order valence-corrected chi connectivity index (χ0v) is 11.9. The summed E-state index contributed by atoms with van der Waals surface area (Å²) in [6.07, 6.45) is 0. The molecule has 2 N–H and O–H groups in total. The monoisotopic (exact) mass is 256 g/mol. The lowest BCUT2D eigenvalue weighted by molar-refractivity contribution is -0.686. The summed E-state index contributed by atoms with van der Waals surface area (Å²) in [6, 6.07) is 14.8. The van der Waals surface area contributed by atoms with Crippen LogP contribution in [0.2, 0.25) is 0 Å². The van der Waals surface area contributed by atoms with E-state index in [1.165, 1.54) is 22.3 Å². The van der Waals surface area contributed by atoms with Crippen molar-refractivity contribution in [2.75, 3.05) is 7.11 Å². The minimum Gasteiger partial charge on any atom is -0.496 e. The zero-order valence-electron chi connectivity index (χ0n) is 11.9. The molecule has 2 heteroatoms. The Morgan fingerprint density at radius 1 is 0.947 bits per heavy atom. The average Bonchev–Trinajstić information content (AvgIpc) is 2.43. The van der Waals surface area contributed by atoms with Crippen molar-refractivity contribution in [1.29, 1.82) is 0 Å². The Morgan fingerprint density at radius 2 is 1.68 bits per heavy atom. The lowest BCUT2D eigenvalue weighted by Gasteiger charge is -2.09. The van der Waals surface area contributed by atoms with Gasteiger partial charge in [0.15, 0.2) is 0 Å². The molecule has 0 amide bonds. The van der Waals surface area contributed by atoms with Crippen LogP contribution in [0.25, 0.3) is 0 Å². The average molecular weight is 256 g/mol. The van der Waals surface area contributed by atoms with E-state index in [0.29, 0.717) is 0 Å². The minimum atomic E-state index is 0.942. The third-order valence-corrected chi connectivity index (χ3v) is 3.43. The maximum Gasteiger partial charge on any atom is 0.127 e. The number of para-hydroxylation sites is 1. The summed E-state index contributed by atoms with van der Waals surface area (Å²) in [7, 11) is 1.73. The first-order chi connectivity index (χ1) is 9.20. The molecule has 0 bridgehead atoms. The van der Waals surface area contributed by atoms with Gasteiger partial charge in [-0.1, -0.05) is 35.9 Å². The Balaban J connectivity index is 1.98. The molecule has 2 nitrogen and oxygen atoms in total. The van der Waals surface area contributed by atoms with Gasteiger partial charge >= 0.3 is 0 Å². The molecule has 0 spiro atoms. The molecule has 0 unspecified atom stereocenters. The number of aryl methyl sites for hydroxylation is 2. The van der Waals surface area contributed by atoms with Gasteiger partial charge in [-0.05, 0) is 31.5 Å². The van der Waals surface area contributed by atoms with E-state index in [9.17, 15) is 0 Å². The van der Waals surface area contributed by atoms with E-state index in [1.54, 1.807) is 7.11 Å². The summed E-state index contributed by atoms with van der Waals surface area (Å²) in [5.41, 5.74) is 5.35. The number of hydrogen-bond donors (Lipinski definition) is 1. The van der Waals surface area contributed by atoms with Gasteiger partial charge in [0.1, 0.15) is 18.8 Å². The summed E-state index contributed by atoms with van der Waals surface area (Å²) in [5, 5.41) is 2.32. The fourth-order valence-corrected chi connectivity index (χ4v) is 2.27. The molecular weight excluding hydrogens is 234 g/mol. The second kappa shape index (κ2) is 6.39.